The number of hydrogen-bond donors (Lipinski definition) is 2. The average Bonchev–Trinajstić information content (AvgIpc) is 2.60. The van der Waals surface area contributed by atoms with Crippen LogP contribution >= 0.6 is 0 Å². The lowest BCUT2D eigenvalue weighted by molar-refractivity contribution is -0.385. The number of ether oxygens (including phenoxy) is 1. The van der Waals surface area contributed by atoms with E-state index >= 15 is 0 Å². The van der Waals surface area contributed by atoms with Gasteiger partial charge in [0.05, 0.1) is 4.92 Å². The van der Waals surface area contributed by atoms with Crippen LogP contribution in [-0.2, 0) is 13.0 Å². The number of nitrogens with zero attached hydrogens (tertiary/aromatic N) is 1. The lowest BCUT2D eigenvalue weighted by Gasteiger charge is -2.27. The van der Waals surface area contributed by atoms with E-state index in [2.05, 4.69) is 10.1 Å². The highest BCUT2D eigenvalue weighted by Gasteiger charge is 2.21. The number of nitro groups is 1. The molecule has 138 valence electrons. The third kappa shape index (κ3) is 4.08. The molecule has 1 aliphatic rings. The smallest absolute Gasteiger partial charge is 0.387 e. The molecule has 0 spiro atoms. The maximum absolute atomic E-state index is 12.4. The van der Waals surface area contributed by atoms with E-state index in [0.29, 0.717) is 12.1 Å². The predicted octanol–water partition coefficient (Wildman–Crippen LogP) is 4.07. The van der Waals surface area contributed by atoms with Crippen molar-refractivity contribution < 1.29 is 23.5 Å². The number of rotatable bonds is 6. The van der Waals surface area contributed by atoms with Gasteiger partial charge in [0.25, 0.3) is 0 Å². The molecule has 0 fully saturated rings. The molecule has 0 saturated heterocycles. The van der Waals surface area contributed by atoms with Crippen LogP contribution in [0.3, 0.4) is 0 Å². The first-order valence-electron chi connectivity index (χ1n) is 8.21. The van der Waals surface area contributed by atoms with Gasteiger partial charge in [0.15, 0.2) is 5.75 Å². The predicted molar refractivity (Wildman–Crippen MR) is 90.4 cm³/mol. The Bertz CT molecular complexity index is 814. The molecule has 0 amide bonds. The maximum atomic E-state index is 12.4. The zero-order chi connectivity index (χ0) is 18.7. The molecule has 0 heterocycles. The Morgan fingerprint density at radius 2 is 2.12 bits per heavy atom. The number of fused-ring (bicyclic) bond motifs is 1. The van der Waals surface area contributed by atoms with Crippen LogP contribution in [0.25, 0.3) is 0 Å². The fourth-order valence-corrected chi connectivity index (χ4v) is 3.25. The number of aryl methyl sites for hydroxylation is 1. The van der Waals surface area contributed by atoms with Crippen molar-refractivity contribution in [2.45, 2.75) is 38.5 Å². The van der Waals surface area contributed by atoms with E-state index in [1.807, 2.05) is 0 Å². The van der Waals surface area contributed by atoms with Crippen molar-refractivity contribution in [3.8, 4) is 11.5 Å². The molecule has 0 radical (unpaired) electrons. The van der Waals surface area contributed by atoms with Gasteiger partial charge >= 0.3 is 12.3 Å². The summed E-state index contributed by atoms with van der Waals surface area (Å²) in [6.45, 7) is -2.46. The molecule has 0 aliphatic heterocycles. The molecule has 2 aromatic carbocycles. The summed E-state index contributed by atoms with van der Waals surface area (Å²) in [7, 11) is 0. The van der Waals surface area contributed by atoms with Crippen LogP contribution in [0, 0.1) is 10.1 Å². The van der Waals surface area contributed by atoms with Crippen molar-refractivity contribution in [2.75, 3.05) is 0 Å². The minimum atomic E-state index is -2.85. The number of aromatic hydroxyl groups is 1. The number of alkyl halides is 2. The lowest BCUT2D eigenvalue weighted by atomic mass is 9.87. The summed E-state index contributed by atoms with van der Waals surface area (Å²) in [5, 5.41) is 23.8. The lowest BCUT2D eigenvalue weighted by Crippen LogP contribution is -2.25. The highest BCUT2D eigenvalue weighted by Crippen LogP contribution is 2.33. The number of hydrogen-bond acceptors (Lipinski definition) is 5. The van der Waals surface area contributed by atoms with Crippen LogP contribution in [0.4, 0.5) is 14.5 Å². The van der Waals surface area contributed by atoms with Crippen LogP contribution < -0.4 is 10.1 Å². The van der Waals surface area contributed by atoms with Crippen LogP contribution in [0.15, 0.2) is 36.4 Å². The molecule has 2 N–H and O–H groups in total. The molecular weight excluding hydrogens is 346 g/mol. The Labute approximate surface area is 148 Å². The molecule has 1 atom stereocenters. The summed E-state index contributed by atoms with van der Waals surface area (Å²) in [5.74, 6) is -0.220. The van der Waals surface area contributed by atoms with E-state index in [0.717, 1.165) is 30.4 Å². The van der Waals surface area contributed by atoms with E-state index in [1.54, 1.807) is 18.2 Å². The molecule has 26 heavy (non-hydrogen) atoms. The molecule has 1 aliphatic carbocycles. The summed E-state index contributed by atoms with van der Waals surface area (Å²) in [6, 6.07) is 9.23. The van der Waals surface area contributed by atoms with Gasteiger partial charge in [-0.05, 0) is 54.2 Å². The first-order valence-corrected chi connectivity index (χ1v) is 8.21. The highest BCUT2D eigenvalue weighted by molar-refractivity contribution is 5.47. The largest absolute Gasteiger partial charge is 0.502 e. The number of halogens is 2. The molecule has 3 rings (SSSR count). The van der Waals surface area contributed by atoms with Crippen molar-refractivity contribution in [1.29, 1.82) is 0 Å². The molecular formula is C18H18F2N2O4. The first kappa shape index (κ1) is 18.1. The minimum Gasteiger partial charge on any atom is -0.502 e. The summed E-state index contributed by atoms with van der Waals surface area (Å²) < 4.78 is 29.2. The van der Waals surface area contributed by atoms with Gasteiger partial charge in [0, 0.05) is 18.7 Å². The standard InChI is InChI=1S/C18H18F2N2O4/c19-18(20)26-13-5-6-14-12(9-13)2-1-3-15(14)21-10-11-4-7-17(23)16(8-11)22(24)25/h4-9,15,18,21,23H,1-3,10H2. The SMILES string of the molecule is O=[N+]([O-])c1cc(CNC2CCCc3cc(OC(F)F)ccc32)ccc1O. The third-order valence-corrected chi connectivity index (χ3v) is 4.44. The first-order chi connectivity index (χ1) is 12.4. The average molecular weight is 364 g/mol. The molecule has 1 unspecified atom stereocenters. The second-order valence-corrected chi connectivity index (χ2v) is 6.15. The Hall–Kier alpha value is -2.74. The quantitative estimate of drug-likeness (QED) is 0.596. The zero-order valence-corrected chi connectivity index (χ0v) is 13.8. The summed E-state index contributed by atoms with van der Waals surface area (Å²) >= 11 is 0. The van der Waals surface area contributed by atoms with Gasteiger partial charge in [0.1, 0.15) is 5.75 Å². The number of phenols is 1. The number of phenolic OH excluding ortho intramolecular Hbond substituents is 1. The van der Waals surface area contributed by atoms with Crippen molar-refractivity contribution in [2.24, 2.45) is 0 Å². The van der Waals surface area contributed by atoms with Gasteiger partial charge < -0.3 is 15.2 Å². The van der Waals surface area contributed by atoms with Crippen molar-refractivity contribution in [3.63, 3.8) is 0 Å². The number of nitro benzene ring substituents is 1. The van der Waals surface area contributed by atoms with Crippen LogP contribution in [0.5, 0.6) is 11.5 Å². The minimum absolute atomic E-state index is 0.0206. The molecule has 0 bridgehead atoms. The Kier molecular flexibility index (Phi) is 5.32. The highest BCUT2D eigenvalue weighted by atomic mass is 19.3. The third-order valence-electron chi connectivity index (χ3n) is 4.44. The topological polar surface area (TPSA) is 84.6 Å². The van der Waals surface area contributed by atoms with E-state index in [1.165, 1.54) is 18.2 Å². The monoisotopic (exact) mass is 364 g/mol. The summed E-state index contributed by atoms with van der Waals surface area (Å²) in [6.07, 6.45) is 2.57. The van der Waals surface area contributed by atoms with Gasteiger partial charge in [0.2, 0.25) is 0 Å². The summed E-state index contributed by atoms with van der Waals surface area (Å²) in [4.78, 5) is 10.3. The molecule has 0 saturated carbocycles. The summed E-state index contributed by atoms with van der Waals surface area (Å²) in [5.41, 5.74) is 2.33. The van der Waals surface area contributed by atoms with E-state index in [4.69, 9.17) is 0 Å². The Balaban J connectivity index is 1.72. The van der Waals surface area contributed by atoms with Crippen LogP contribution in [-0.4, -0.2) is 16.6 Å². The molecule has 2 aromatic rings. The van der Waals surface area contributed by atoms with Gasteiger partial charge in [-0.3, -0.25) is 10.1 Å². The number of nitrogens with one attached hydrogen (secondary N) is 1. The molecule has 8 heteroatoms. The van der Waals surface area contributed by atoms with Crippen molar-refractivity contribution in [3.05, 3.63) is 63.2 Å². The second-order valence-electron chi connectivity index (χ2n) is 6.15. The fraction of sp³-hybridized carbons (Fsp3) is 0.333. The number of benzene rings is 2. The Morgan fingerprint density at radius 1 is 1.31 bits per heavy atom. The fourth-order valence-electron chi connectivity index (χ4n) is 3.25. The van der Waals surface area contributed by atoms with E-state index < -0.39 is 11.5 Å². The van der Waals surface area contributed by atoms with E-state index in [9.17, 15) is 24.0 Å². The van der Waals surface area contributed by atoms with Gasteiger partial charge in [-0.15, -0.1) is 0 Å². The van der Waals surface area contributed by atoms with Crippen LogP contribution in [0.1, 0.15) is 35.6 Å². The van der Waals surface area contributed by atoms with Crippen molar-refractivity contribution >= 4 is 5.69 Å². The normalized spacial score (nSPS) is 16.3. The van der Waals surface area contributed by atoms with Gasteiger partial charge in [-0.2, -0.15) is 8.78 Å². The van der Waals surface area contributed by atoms with Gasteiger partial charge in [-0.1, -0.05) is 12.1 Å². The second kappa shape index (κ2) is 7.65. The molecule has 0 aromatic heterocycles. The van der Waals surface area contributed by atoms with Crippen LogP contribution in [0.2, 0.25) is 0 Å². The maximum Gasteiger partial charge on any atom is 0.387 e. The molecule has 6 nitrogen and oxygen atoms in total. The zero-order valence-electron chi connectivity index (χ0n) is 13.8. The van der Waals surface area contributed by atoms with Gasteiger partial charge in [-0.25, -0.2) is 0 Å². The van der Waals surface area contributed by atoms with Crippen molar-refractivity contribution in [1.82, 2.24) is 5.32 Å². The van der Waals surface area contributed by atoms with E-state index in [-0.39, 0.29) is 23.2 Å². The Morgan fingerprint density at radius 3 is 2.85 bits per heavy atom.